The number of fused-ring (bicyclic) bond motifs is 16. The molecule has 21 rings (SSSR count). The predicted octanol–water partition coefficient (Wildman–Crippen LogP) is 11.7. The zero-order valence-corrected chi connectivity index (χ0v) is 83.3. The summed E-state index contributed by atoms with van der Waals surface area (Å²) in [6.45, 7) is 45.8. The SMILES string of the molecule is C=CC(=O)N1C[C@H](C)N(C2NC(=O)N3C4NC(C(F)CC42)C2C(F)CCCC2N2CCN(CCC4CCNC(C(C)C)C43)CC2)C[C@H]1C.C=CC(=O)N1C[C@H](C)N(c2nc(=O)n3c4nc(c(F)cc24)-c2c(F)cccc2N2CCN(CCc4ccnc(C(C)C)c4-3)C2=O)C[C@H]1C.C=CC(=O)N1C[C@H](C)N(c2nc(=O)n3c4nc(c(F)cc24)-c2c(F)cccc2NCCNCCc2ccnc(C(C)C)c2-3)C[C@H]1C. The Hall–Kier alpha value is -11.8. The summed E-state index contributed by atoms with van der Waals surface area (Å²) in [5.41, 5.74) is 2.69. The van der Waals surface area contributed by atoms with Gasteiger partial charge in [0.05, 0.1) is 68.7 Å². The number of urea groups is 2. The van der Waals surface area contributed by atoms with Crippen LogP contribution in [0.2, 0.25) is 0 Å². The molecule has 11 fully saturated rings. The molecule has 1 saturated carbocycles. The summed E-state index contributed by atoms with van der Waals surface area (Å²) in [5.74, 6) is -3.30. The van der Waals surface area contributed by atoms with Crippen LogP contribution in [0.4, 0.5) is 58.9 Å². The van der Waals surface area contributed by atoms with Gasteiger partial charge in [0.15, 0.2) is 22.9 Å². The predicted molar refractivity (Wildman–Crippen MR) is 537 cm³/mol. The lowest BCUT2D eigenvalue weighted by atomic mass is 9.71. The number of pyridine rings is 4. The maximum Gasteiger partial charge on any atom is 0.355 e. The number of halogens is 6. The molecule has 5 N–H and O–H groups in total. The second kappa shape index (κ2) is 41.5. The zero-order valence-electron chi connectivity index (χ0n) is 83.3. The smallest absolute Gasteiger partial charge is 0.355 e. The molecule has 6 aromatic heterocycles. The van der Waals surface area contributed by atoms with E-state index in [9.17, 15) is 33.6 Å². The normalized spacial score (nSPS) is 28.4. The summed E-state index contributed by atoms with van der Waals surface area (Å²) in [6, 6.07) is 12.7. The number of aromatic nitrogens is 8. The molecular weight excluding hydrogens is 1820 g/mol. The van der Waals surface area contributed by atoms with Crippen molar-refractivity contribution in [1.29, 1.82) is 0 Å². The number of rotatable bonds is 9. The third-order valence-electron chi connectivity index (χ3n) is 31.8. The molecular formula is C105H134F6N24O7. The van der Waals surface area contributed by atoms with Crippen LogP contribution in [0.15, 0.2) is 121 Å². The largest absolute Gasteiger partial charge is 0.383 e. The number of benzene rings is 2. The molecule has 31 nitrogen and oxygen atoms in total. The first-order valence-corrected chi connectivity index (χ1v) is 50.9. The Morgan fingerprint density at radius 3 is 1.67 bits per heavy atom. The molecule has 13 aliphatic rings. The minimum Gasteiger partial charge on any atom is -0.383 e. The van der Waals surface area contributed by atoms with Crippen LogP contribution in [0.1, 0.15) is 156 Å². The van der Waals surface area contributed by atoms with Crippen molar-refractivity contribution in [1.82, 2.24) is 99.5 Å². The number of carbonyl (C=O) groups excluding carboxylic acids is 5. The van der Waals surface area contributed by atoms with E-state index in [2.05, 4.69) is 107 Å². The van der Waals surface area contributed by atoms with Crippen LogP contribution in [0.25, 0.3) is 56.0 Å². The average molecular weight is 1960 g/mol. The van der Waals surface area contributed by atoms with Crippen LogP contribution < -0.4 is 52.7 Å². The van der Waals surface area contributed by atoms with Crippen molar-refractivity contribution in [2.75, 3.05) is 138 Å². The molecule has 2 aromatic carbocycles. The quantitative estimate of drug-likeness (QED) is 0.0662. The van der Waals surface area contributed by atoms with Crippen molar-refractivity contribution in [2.24, 2.45) is 23.7 Å². The number of piperazine rings is 4. The van der Waals surface area contributed by atoms with Gasteiger partial charge < -0.3 is 60.5 Å². The van der Waals surface area contributed by atoms with E-state index >= 15 is 26.3 Å². The van der Waals surface area contributed by atoms with E-state index in [1.807, 2.05) is 89.1 Å². The molecule has 1 aliphatic carbocycles. The molecule has 0 spiro atoms. The van der Waals surface area contributed by atoms with E-state index in [0.717, 1.165) is 76.1 Å². The second-order valence-electron chi connectivity index (χ2n) is 41.7. The van der Waals surface area contributed by atoms with Crippen LogP contribution in [-0.4, -0.2) is 311 Å². The lowest BCUT2D eigenvalue weighted by Crippen LogP contribution is -2.80. The topological polar surface area (TPSA) is 302 Å². The summed E-state index contributed by atoms with van der Waals surface area (Å²) in [7, 11) is 0. The first-order chi connectivity index (χ1) is 68.2. The number of carbonyl (C=O) groups is 5. The van der Waals surface area contributed by atoms with Gasteiger partial charge in [-0.1, -0.05) is 73.4 Å². The molecule has 11 unspecified atom stereocenters. The monoisotopic (exact) mass is 1960 g/mol. The Morgan fingerprint density at radius 1 is 0.535 bits per heavy atom. The third-order valence-corrected chi connectivity index (χ3v) is 31.8. The number of nitrogens with one attached hydrogen (secondary N) is 5. The van der Waals surface area contributed by atoms with Crippen molar-refractivity contribution in [3.8, 4) is 33.9 Å². The molecule has 12 aliphatic heterocycles. The third kappa shape index (κ3) is 18.8. The fourth-order valence-electron chi connectivity index (χ4n) is 24.7. The lowest BCUT2D eigenvalue weighted by Gasteiger charge is -2.61. The van der Waals surface area contributed by atoms with Crippen LogP contribution in [0.3, 0.4) is 0 Å². The molecule has 0 radical (unpaired) electrons. The number of piperidine rings is 2. The maximum absolute atomic E-state index is 17.0. The fraction of sp³-hybridized carbons (Fsp3) is 0.552. The van der Waals surface area contributed by atoms with E-state index < -0.39 is 71.3 Å². The maximum atomic E-state index is 17.0. The Kier molecular flexibility index (Phi) is 29.3. The highest BCUT2D eigenvalue weighted by Gasteiger charge is 2.59. The molecule has 8 aromatic rings. The van der Waals surface area contributed by atoms with Gasteiger partial charge in [-0.3, -0.25) is 44.4 Å². The van der Waals surface area contributed by atoms with Crippen LogP contribution in [-0.2, 0) is 27.2 Å². The summed E-state index contributed by atoms with van der Waals surface area (Å²) < 4.78 is 100. The molecule has 18 heterocycles. The summed E-state index contributed by atoms with van der Waals surface area (Å²) in [4.78, 5) is 144. The first-order valence-electron chi connectivity index (χ1n) is 50.9. The van der Waals surface area contributed by atoms with E-state index in [4.69, 9.17) is 9.97 Å². The first kappa shape index (κ1) is 100. The molecule has 758 valence electrons. The Bertz CT molecular complexity index is 6300. The zero-order chi connectivity index (χ0) is 101. The van der Waals surface area contributed by atoms with Gasteiger partial charge in [-0.15, -0.1) is 0 Å². The van der Waals surface area contributed by atoms with Gasteiger partial charge in [-0.2, -0.15) is 9.97 Å². The Morgan fingerprint density at radius 2 is 1.09 bits per heavy atom. The van der Waals surface area contributed by atoms with Gasteiger partial charge in [0.1, 0.15) is 47.0 Å². The number of amides is 7. The number of anilines is 4. The Labute approximate surface area is 825 Å². The van der Waals surface area contributed by atoms with Crippen molar-refractivity contribution < 1.29 is 50.3 Å². The van der Waals surface area contributed by atoms with E-state index in [1.165, 1.54) is 62.6 Å². The summed E-state index contributed by atoms with van der Waals surface area (Å²) in [5, 5.41) is 18.2. The average Bonchev–Trinajstić information content (AvgIpc) is 1.00. The number of hydrogen-bond acceptors (Lipinski definition) is 22. The fourth-order valence-corrected chi connectivity index (χ4v) is 24.7. The van der Waals surface area contributed by atoms with Gasteiger partial charge in [0.25, 0.3) is 0 Å². The highest BCUT2D eigenvalue weighted by molar-refractivity contribution is 6.00. The standard InChI is InChI=1S/C36H60F2N8O2.C35H36F2N8O3.C34H38F2N8O2/c1-6-29(47)44-19-23(5)45(20-22(44)4)34-25-18-27(38)32-30-26(37)8-7-9-28(30)43-16-14-42(15-17-43)13-11-24-10-12-39-31(21(2)3)33(24)46(35(25)40-32)36(48)41-34;1-6-27(46)43-17-21(5)44(18-20(43)4)32-23-16-25(37)30-28-24(36)8-7-9-26(28)42-15-14-41(35(42)48)13-11-22-10-12-38-29(19(2)3)31(22)45(33(23)39-30)34(47)40-32;1-6-27(45)42-17-21(5)43(18-20(42)4)32-23-16-25(36)30-28-24(35)8-7-9-26(28)38-15-14-37-12-10-22-11-13-39-29(19(2)3)31(22)44(33(23)40-30)34(46)41-32/h6,21-28,30-35,39-40H,1,7-20H2,2-5H3,(H,41,48);6-10,12,16,19-21H,1,11,13-15,17-18H2,2-5H3;6-9,11,13,16,19-21,37-38H,1,10,12,14-15,17-18H2,2-5H3/t22-,23+,24?,25?,26?,27?,28?,30?,31?,32?,33?,34?,35?;2*20-,21+/m111/s1. The van der Waals surface area contributed by atoms with Crippen molar-refractivity contribution in [3.63, 3.8) is 0 Å². The van der Waals surface area contributed by atoms with Gasteiger partial charge in [-0.25, -0.2) is 64.6 Å². The Balaban J connectivity index is 0.000000141. The molecule has 37 heteroatoms. The number of alkyl halides is 2. The van der Waals surface area contributed by atoms with Gasteiger partial charge in [0, 0.05) is 182 Å². The highest BCUT2D eigenvalue weighted by atomic mass is 19.2. The van der Waals surface area contributed by atoms with E-state index in [0.29, 0.717) is 143 Å². The second-order valence-corrected chi connectivity index (χ2v) is 41.7. The minimum atomic E-state index is -1.24. The molecule has 10 saturated heterocycles. The molecule has 10 bridgehead atoms. The van der Waals surface area contributed by atoms with Crippen LogP contribution in [0.5, 0.6) is 0 Å². The molecule has 17 atom stereocenters. The highest BCUT2D eigenvalue weighted by Crippen LogP contribution is 2.48. The number of hydrogen-bond donors (Lipinski definition) is 5. The number of nitrogens with zero attached hydrogens (tertiary/aromatic N) is 19. The van der Waals surface area contributed by atoms with Crippen LogP contribution in [0, 0.1) is 46.9 Å². The molecule has 7 amide bonds. The summed E-state index contributed by atoms with van der Waals surface area (Å²) in [6.07, 6.45) is 9.63. The minimum absolute atomic E-state index is 0.00309. The van der Waals surface area contributed by atoms with Crippen LogP contribution >= 0.6 is 0 Å². The van der Waals surface area contributed by atoms with E-state index in [1.54, 1.807) is 45.3 Å². The summed E-state index contributed by atoms with van der Waals surface area (Å²) >= 11 is 0. The van der Waals surface area contributed by atoms with E-state index in [-0.39, 0.29) is 165 Å². The van der Waals surface area contributed by atoms with Gasteiger partial charge in [0.2, 0.25) is 17.7 Å². The van der Waals surface area contributed by atoms with Crippen molar-refractivity contribution >= 4 is 74.9 Å². The lowest BCUT2D eigenvalue weighted by molar-refractivity contribution is -0.137. The van der Waals surface area contributed by atoms with Crippen molar-refractivity contribution in [2.45, 2.75) is 231 Å². The molecule has 142 heavy (non-hydrogen) atoms. The van der Waals surface area contributed by atoms with Gasteiger partial charge >= 0.3 is 23.4 Å². The van der Waals surface area contributed by atoms with Gasteiger partial charge in [-0.05, 0) is 214 Å². The van der Waals surface area contributed by atoms with Crippen molar-refractivity contribution in [3.05, 3.63) is 178 Å².